The van der Waals surface area contributed by atoms with Gasteiger partial charge in [-0.25, -0.2) is 0 Å². The lowest BCUT2D eigenvalue weighted by Gasteiger charge is -2.19. The summed E-state index contributed by atoms with van der Waals surface area (Å²) >= 11 is 0. The average molecular weight is 800 g/mol. The van der Waals surface area contributed by atoms with Crippen LogP contribution in [-0.4, -0.2) is 34.9 Å². The molecule has 0 heterocycles. The van der Waals surface area contributed by atoms with Gasteiger partial charge in [-0.3, -0.25) is 4.79 Å². The SMILES string of the molecule is CCCCCCCCCC/C=C\CCCCCCCCCCCC(=O)NC(CO)C(O)/C=C/CC/C=C/CCCCCCCCCCCCCCCCCCCC. The molecule has 3 N–H and O–H groups in total. The number of carbonyl (C=O) groups is 1. The number of allylic oxidation sites excluding steroid dienone is 5. The zero-order valence-corrected chi connectivity index (χ0v) is 38.6. The van der Waals surface area contributed by atoms with Crippen molar-refractivity contribution in [2.75, 3.05) is 6.61 Å². The first-order valence-corrected chi connectivity index (χ1v) is 25.7. The minimum atomic E-state index is -0.863. The Hall–Kier alpha value is -1.39. The third kappa shape index (κ3) is 45.5. The molecule has 0 aromatic rings. The molecule has 2 unspecified atom stereocenters. The van der Waals surface area contributed by atoms with E-state index >= 15 is 0 Å². The largest absolute Gasteiger partial charge is 0.394 e. The van der Waals surface area contributed by atoms with Crippen LogP contribution >= 0.6 is 0 Å². The van der Waals surface area contributed by atoms with Gasteiger partial charge in [0.15, 0.2) is 0 Å². The Morgan fingerprint density at radius 2 is 0.684 bits per heavy atom. The quantitative estimate of drug-likeness (QED) is 0.0424. The van der Waals surface area contributed by atoms with Crippen molar-refractivity contribution in [3.63, 3.8) is 0 Å². The van der Waals surface area contributed by atoms with Gasteiger partial charge in [0.25, 0.3) is 0 Å². The van der Waals surface area contributed by atoms with Crippen LogP contribution in [0.1, 0.15) is 277 Å². The highest BCUT2D eigenvalue weighted by molar-refractivity contribution is 5.76. The van der Waals surface area contributed by atoms with Crippen LogP contribution in [-0.2, 0) is 4.79 Å². The second-order valence-electron chi connectivity index (χ2n) is 17.6. The lowest BCUT2D eigenvalue weighted by Crippen LogP contribution is -2.45. The van der Waals surface area contributed by atoms with E-state index in [9.17, 15) is 15.0 Å². The number of unbranched alkanes of at least 4 members (excludes halogenated alkanes) is 36. The average Bonchev–Trinajstić information content (AvgIpc) is 3.22. The van der Waals surface area contributed by atoms with Crippen molar-refractivity contribution in [2.45, 2.75) is 289 Å². The first-order chi connectivity index (χ1) is 28.2. The molecule has 0 aliphatic rings. The lowest BCUT2D eigenvalue weighted by atomic mass is 10.0. The normalized spacial score (nSPS) is 13.1. The van der Waals surface area contributed by atoms with Crippen molar-refractivity contribution in [1.29, 1.82) is 0 Å². The van der Waals surface area contributed by atoms with Crippen molar-refractivity contribution in [3.8, 4) is 0 Å². The van der Waals surface area contributed by atoms with E-state index in [1.807, 2.05) is 6.08 Å². The van der Waals surface area contributed by atoms with Crippen molar-refractivity contribution >= 4 is 5.91 Å². The van der Waals surface area contributed by atoms with E-state index in [-0.39, 0.29) is 12.5 Å². The number of rotatable bonds is 47. The number of amides is 1. The van der Waals surface area contributed by atoms with Crippen molar-refractivity contribution in [2.24, 2.45) is 0 Å². The molecule has 0 aromatic carbocycles. The lowest BCUT2D eigenvalue weighted by molar-refractivity contribution is -0.123. The van der Waals surface area contributed by atoms with E-state index in [2.05, 4.69) is 43.5 Å². The monoisotopic (exact) mass is 800 g/mol. The van der Waals surface area contributed by atoms with Crippen molar-refractivity contribution in [1.82, 2.24) is 5.32 Å². The molecule has 4 heteroatoms. The summed E-state index contributed by atoms with van der Waals surface area (Å²) in [5.74, 6) is -0.0733. The summed E-state index contributed by atoms with van der Waals surface area (Å²) in [6.07, 6.45) is 65.7. The van der Waals surface area contributed by atoms with E-state index in [1.165, 1.54) is 225 Å². The maximum absolute atomic E-state index is 12.4. The number of carbonyl (C=O) groups excluding carboxylic acids is 1. The van der Waals surface area contributed by atoms with Crippen LogP contribution in [0, 0.1) is 0 Å². The third-order valence-electron chi connectivity index (χ3n) is 11.8. The van der Waals surface area contributed by atoms with Gasteiger partial charge in [0, 0.05) is 6.42 Å². The molecular formula is C53H101NO3. The summed E-state index contributed by atoms with van der Waals surface area (Å²) in [6.45, 7) is 4.32. The molecule has 0 aliphatic carbocycles. The molecule has 0 fully saturated rings. The molecule has 0 saturated carbocycles. The fourth-order valence-electron chi connectivity index (χ4n) is 7.90. The zero-order valence-electron chi connectivity index (χ0n) is 38.6. The number of aliphatic hydroxyl groups is 2. The summed E-state index contributed by atoms with van der Waals surface area (Å²) in [5, 5.41) is 23.1. The minimum absolute atomic E-state index is 0.0733. The van der Waals surface area contributed by atoms with Gasteiger partial charge in [-0.05, 0) is 57.8 Å². The van der Waals surface area contributed by atoms with Crippen molar-refractivity contribution < 1.29 is 15.0 Å². The Bertz CT molecular complexity index is 866. The summed E-state index contributed by atoms with van der Waals surface area (Å²) in [6, 6.07) is -0.640. The predicted molar refractivity (Wildman–Crippen MR) is 253 cm³/mol. The number of hydrogen-bond acceptors (Lipinski definition) is 3. The van der Waals surface area contributed by atoms with E-state index in [0.717, 1.165) is 32.1 Å². The van der Waals surface area contributed by atoms with E-state index in [1.54, 1.807) is 6.08 Å². The van der Waals surface area contributed by atoms with Crippen LogP contribution < -0.4 is 5.32 Å². The first kappa shape index (κ1) is 55.6. The van der Waals surface area contributed by atoms with Crippen LogP contribution in [0.15, 0.2) is 36.5 Å². The minimum Gasteiger partial charge on any atom is -0.394 e. The van der Waals surface area contributed by atoms with Crippen LogP contribution in [0.2, 0.25) is 0 Å². The number of nitrogens with one attached hydrogen (secondary N) is 1. The van der Waals surface area contributed by atoms with Gasteiger partial charge in [0.05, 0.1) is 18.8 Å². The number of aliphatic hydroxyl groups excluding tert-OH is 2. The molecule has 336 valence electrons. The zero-order chi connectivity index (χ0) is 41.4. The Morgan fingerprint density at radius 1 is 0.404 bits per heavy atom. The van der Waals surface area contributed by atoms with E-state index in [0.29, 0.717) is 6.42 Å². The molecule has 0 rings (SSSR count). The summed E-state index contributed by atoms with van der Waals surface area (Å²) in [5.41, 5.74) is 0. The summed E-state index contributed by atoms with van der Waals surface area (Å²) < 4.78 is 0. The molecule has 57 heavy (non-hydrogen) atoms. The fourth-order valence-corrected chi connectivity index (χ4v) is 7.90. The highest BCUT2D eigenvalue weighted by Crippen LogP contribution is 2.16. The van der Waals surface area contributed by atoms with Gasteiger partial charge in [-0.2, -0.15) is 0 Å². The molecule has 0 aromatic heterocycles. The molecule has 0 saturated heterocycles. The maximum Gasteiger partial charge on any atom is 0.220 e. The molecule has 0 bridgehead atoms. The maximum atomic E-state index is 12.4. The van der Waals surface area contributed by atoms with Gasteiger partial charge in [-0.15, -0.1) is 0 Å². The van der Waals surface area contributed by atoms with E-state index < -0.39 is 12.1 Å². The van der Waals surface area contributed by atoms with Gasteiger partial charge >= 0.3 is 0 Å². The Morgan fingerprint density at radius 3 is 1.02 bits per heavy atom. The second kappa shape index (κ2) is 49.0. The standard InChI is InChI=1S/C53H101NO3/c1-3-5-7-9-11-13-15-17-19-21-23-25-26-27-29-30-32-34-36-38-40-42-44-46-48-52(56)51(50-55)54-53(57)49-47-45-43-41-39-37-35-33-31-28-24-22-20-18-16-14-12-10-8-6-4-2/h22,24,38,40,46,48,51-52,55-56H,3-21,23,25-37,39,41-45,47,49-50H2,1-2H3,(H,54,57)/b24-22-,40-38+,48-46+. The molecular weight excluding hydrogens is 699 g/mol. The highest BCUT2D eigenvalue weighted by atomic mass is 16.3. The van der Waals surface area contributed by atoms with Gasteiger partial charge < -0.3 is 15.5 Å². The van der Waals surface area contributed by atoms with E-state index in [4.69, 9.17) is 0 Å². The molecule has 4 nitrogen and oxygen atoms in total. The first-order valence-electron chi connectivity index (χ1n) is 25.7. The Kier molecular flexibility index (Phi) is 47.8. The summed E-state index contributed by atoms with van der Waals surface area (Å²) in [7, 11) is 0. The summed E-state index contributed by atoms with van der Waals surface area (Å²) in [4.78, 5) is 12.4. The van der Waals surface area contributed by atoms with Crippen LogP contribution in [0.25, 0.3) is 0 Å². The molecule has 1 amide bonds. The second-order valence-corrected chi connectivity index (χ2v) is 17.6. The Labute approximate surface area is 357 Å². The van der Waals surface area contributed by atoms with Gasteiger partial charge in [0.1, 0.15) is 0 Å². The smallest absolute Gasteiger partial charge is 0.220 e. The van der Waals surface area contributed by atoms with Gasteiger partial charge in [0.2, 0.25) is 5.91 Å². The van der Waals surface area contributed by atoms with Crippen LogP contribution in [0.3, 0.4) is 0 Å². The van der Waals surface area contributed by atoms with Crippen LogP contribution in [0.5, 0.6) is 0 Å². The topological polar surface area (TPSA) is 69.6 Å². The molecule has 0 radical (unpaired) electrons. The Balaban J connectivity index is 3.55. The molecule has 0 spiro atoms. The molecule has 2 atom stereocenters. The third-order valence-corrected chi connectivity index (χ3v) is 11.8. The predicted octanol–water partition coefficient (Wildman–Crippen LogP) is 16.5. The molecule has 0 aliphatic heterocycles. The van der Waals surface area contributed by atoms with Gasteiger partial charge in [-0.1, -0.05) is 249 Å². The fraction of sp³-hybridized carbons (Fsp3) is 0.868. The van der Waals surface area contributed by atoms with Crippen LogP contribution in [0.4, 0.5) is 0 Å². The number of hydrogen-bond donors (Lipinski definition) is 3. The van der Waals surface area contributed by atoms with Crippen molar-refractivity contribution in [3.05, 3.63) is 36.5 Å². The highest BCUT2D eigenvalue weighted by Gasteiger charge is 2.17.